The fourth-order valence-electron chi connectivity index (χ4n) is 1.69. The molecule has 0 unspecified atom stereocenters. The van der Waals surface area contributed by atoms with Gasteiger partial charge in [0.1, 0.15) is 16.3 Å². The summed E-state index contributed by atoms with van der Waals surface area (Å²) in [5.41, 5.74) is 12.1. The third-order valence-corrected chi connectivity index (χ3v) is 3.42. The number of carbonyl (C=O) groups excluding carboxylic acids is 1. The number of aromatic nitrogens is 1. The van der Waals surface area contributed by atoms with Crippen molar-refractivity contribution in [3.8, 4) is 5.75 Å². The van der Waals surface area contributed by atoms with Crippen LogP contribution in [0.5, 0.6) is 5.75 Å². The van der Waals surface area contributed by atoms with E-state index in [4.69, 9.17) is 16.2 Å². The van der Waals surface area contributed by atoms with Crippen molar-refractivity contribution in [2.75, 3.05) is 18.2 Å². The molecule has 0 fully saturated rings. The van der Waals surface area contributed by atoms with Crippen LogP contribution in [-0.4, -0.2) is 17.4 Å². The number of carbonyl (C=O) groups is 1. The highest BCUT2D eigenvalue weighted by Crippen LogP contribution is 2.27. The van der Waals surface area contributed by atoms with E-state index in [0.717, 1.165) is 22.8 Å². The number of nitrogens with zero attached hydrogens (tertiary/aromatic N) is 1. The number of para-hydroxylation sites is 1. The van der Waals surface area contributed by atoms with Crippen molar-refractivity contribution in [2.45, 2.75) is 6.54 Å². The molecular formula is C12H14N4O2S. The van der Waals surface area contributed by atoms with E-state index in [0.29, 0.717) is 11.5 Å². The van der Waals surface area contributed by atoms with Gasteiger partial charge in [0.2, 0.25) is 0 Å². The molecule has 1 heterocycles. The monoisotopic (exact) mass is 278 g/mol. The lowest BCUT2D eigenvalue weighted by Gasteiger charge is -2.09. The standard InChI is InChI=1S/C12H14N4O2S/c1-18-8-5-3-2-4-7(8)6-15-12-9(11(14)17)10(13)16-19-12/h2-5,15H,6H2,1H3,(H2,13,16)(H2,14,17). The Hall–Kier alpha value is -2.28. The highest BCUT2D eigenvalue weighted by molar-refractivity contribution is 7.11. The molecule has 2 rings (SSSR count). The second-order valence-electron chi connectivity index (χ2n) is 3.80. The zero-order valence-corrected chi connectivity index (χ0v) is 11.2. The minimum Gasteiger partial charge on any atom is -0.496 e. The van der Waals surface area contributed by atoms with Crippen LogP contribution in [0.25, 0.3) is 0 Å². The Labute approximate surface area is 114 Å². The number of hydrogen-bond acceptors (Lipinski definition) is 6. The molecule has 0 saturated carbocycles. The number of benzene rings is 1. The molecule has 6 nitrogen and oxygen atoms in total. The van der Waals surface area contributed by atoms with Crippen molar-refractivity contribution >= 4 is 28.3 Å². The maximum absolute atomic E-state index is 11.3. The van der Waals surface area contributed by atoms with Crippen molar-refractivity contribution in [1.82, 2.24) is 4.37 Å². The van der Waals surface area contributed by atoms with E-state index in [2.05, 4.69) is 9.69 Å². The van der Waals surface area contributed by atoms with Gasteiger partial charge in [-0.15, -0.1) is 0 Å². The Kier molecular flexibility index (Phi) is 3.86. The normalized spacial score (nSPS) is 10.2. The first-order valence-electron chi connectivity index (χ1n) is 5.54. The van der Waals surface area contributed by atoms with E-state index in [-0.39, 0.29) is 11.4 Å². The third kappa shape index (κ3) is 2.76. The Bertz CT molecular complexity index is 597. The predicted octanol–water partition coefficient (Wildman–Crippen LogP) is 1.44. The van der Waals surface area contributed by atoms with Crippen LogP contribution in [0.15, 0.2) is 24.3 Å². The molecule has 1 aromatic heterocycles. The number of rotatable bonds is 5. The Morgan fingerprint density at radius 2 is 2.21 bits per heavy atom. The number of ether oxygens (including phenoxy) is 1. The van der Waals surface area contributed by atoms with Crippen LogP contribution >= 0.6 is 11.5 Å². The average Bonchev–Trinajstić information content (AvgIpc) is 2.78. The average molecular weight is 278 g/mol. The number of nitrogen functional groups attached to an aromatic ring is 1. The zero-order chi connectivity index (χ0) is 13.8. The lowest BCUT2D eigenvalue weighted by molar-refractivity contribution is 0.100. The maximum atomic E-state index is 11.3. The fraction of sp³-hybridized carbons (Fsp3) is 0.167. The highest BCUT2D eigenvalue weighted by Gasteiger charge is 2.16. The summed E-state index contributed by atoms with van der Waals surface area (Å²) in [6, 6.07) is 7.60. The van der Waals surface area contributed by atoms with Gasteiger partial charge in [0.15, 0.2) is 5.82 Å². The smallest absolute Gasteiger partial charge is 0.255 e. The Balaban J connectivity index is 2.17. The first-order valence-corrected chi connectivity index (χ1v) is 6.31. The van der Waals surface area contributed by atoms with Crippen LogP contribution in [0, 0.1) is 0 Å². The molecule has 0 aliphatic carbocycles. The van der Waals surface area contributed by atoms with Gasteiger partial charge in [0.25, 0.3) is 5.91 Å². The molecule has 1 amide bonds. The fourth-order valence-corrected chi connectivity index (χ4v) is 2.40. The summed E-state index contributed by atoms with van der Waals surface area (Å²) in [6.45, 7) is 0.492. The zero-order valence-electron chi connectivity index (χ0n) is 10.3. The molecule has 1 aromatic carbocycles. The molecule has 0 bridgehead atoms. The van der Waals surface area contributed by atoms with Crippen molar-refractivity contribution in [1.29, 1.82) is 0 Å². The van der Waals surface area contributed by atoms with Crippen molar-refractivity contribution < 1.29 is 9.53 Å². The molecule has 0 atom stereocenters. The lowest BCUT2D eigenvalue weighted by atomic mass is 10.2. The molecule has 2 aromatic rings. The van der Waals surface area contributed by atoms with Crippen molar-refractivity contribution in [3.05, 3.63) is 35.4 Å². The summed E-state index contributed by atoms with van der Waals surface area (Å²) in [5, 5.41) is 3.67. The van der Waals surface area contributed by atoms with Gasteiger partial charge in [-0.25, -0.2) is 0 Å². The van der Waals surface area contributed by atoms with Gasteiger partial charge >= 0.3 is 0 Å². The number of nitrogens with two attached hydrogens (primary N) is 2. The number of primary amides is 1. The van der Waals surface area contributed by atoms with Crippen LogP contribution in [-0.2, 0) is 6.54 Å². The predicted molar refractivity (Wildman–Crippen MR) is 75.4 cm³/mol. The minimum absolute atomic E-state index is 0.153. The molecule has 0 aliphatic rings. The Morgan fingerprint density at radius 1 is 1.47 bits per heavy atom. The molecule has 19 heavy (non-hydrogen) atoms. The minimum atomic E-state index is -0.589. The van der Waals surface area contributed by atoms with E-state index in [1.807, 2.05) is 24.3 Å². The molecule has 100 valence electrons. The molecule has 5 N–H and O–H groups in total. The number of amides is 1. The summed E-state index contributed by atoms with van der Waals surface area (Å²) < 4.78 is 9.17. The summed E-state index contributed by atoms with van der Waals surface area (Å²) >= 11 is 1.11. The summed E-state index contributed by atoms with van der Waals surface area (Å²) in [6.07, 6.45) is 0. The maximum Gasteiger partial charge on any atom is 0.255 e. The SMILES string of the molecule is COc1ccccc1CNc1snc(N)c1C(N)=O. The van der Waals surface area contributed by atoms with Crippen LogP contribution in [0.4, 0.5) is 10.8 Å². The van der Waals surface area contributed by atoms with Gasteiger partial charge in [-0.05, 0) is 17.6 Å². The quantitative estimate of drug-likeness (QED) is 0.768. The van der Waals surface area contributed by atoms with Crippen LogP contribution < -0.4 is 21.5 Å². The van der Waals surface area contributed by atoms with Gasteiger partial charge in [-0.1, -0.05) is 18.2 Å². The van der Waals surface area contributed by atoms with Gasteiger partial charge < -0.3 is 21.5 Å². The van der Waals surface area contributed by atoms with E-state index < -0.39 is 5.91 Å². The molecule has 0 spiro atoms. The number of methoxy groups -OCH3 is 1. The Morgan fingerprint density at radius 3 is 2.89 bits per heavy atom. The first kappa shape index (κ1) is 13.2. The number of nitrogens with one attached hydrogen (secondary N) is 1. The second kappa shape index (κ2) is 5.57. The van der Waals surface area contributed by atoms with Crippen LogP contribution in [0.2, 0.25) is 0 Å². The van der Waals surface area contributed by atoms with Crippen molar-refractivity contribution in [2.24, 2.45) is 5.73 Å². The highest BCUT2D eigenvalue weighted by atomic mass is 32.1. The molecule has 0 radical (unpaired) electrons. The summed E-state index contributed by atoms with van der Waals surface area (Å²) in [5.74, 6) is 0.335. The lowest BCUT2D eigenvalue weighted by Crippen LogP contribution is -2.14. The van der Waals surface area contributed by atoms with Gasteiger partial charge in [-0.3, -0.25) is 4.79 Å². The number of anilines is 2. The van der Waals surface area contributed by atoms with Gasteiger partial charge in [0.05, 0.1) is 7.11 Å². The third-order valence-electron chi connectivity index (χ3n) is 2.60. The molecule has 7 heteroatoms. The summed E-state index contributed by atoms with van der Waals surface area (Å²) in [7, 11) is 1.61. The second-order valence-corrected chi connectivity index (χ2v) is 4.57. The van der Waals surface area contributed by atoms with E-state index in [1.165, 1.54) is 0 Å². The number of hydrogen-bond donors (Lipinski definition) is 3. The molecular weight excluding hydrogens is 264 g/mol. The largest absolute Gasteiger partial charge is 0.496 e. The van der Waals surface area contributed by atoms with Crippen LogP contribution in [0.1, 0.15) is 15.9 Å². The molecule has 0 aliphatic heterocycles. The van der Waals surface area contributed by atoms with Crippen LogP contribution in [0.3, 0.4) is 0 Å². The van der Waals surface area contributed by atoms with Crippen molar-refractivity contribution in [3.63, 3.8) is 0 Å². The van der Waals surface area contributed by atoms with E-state index in [9.17, 15) is 4.79 Å². The van der Waals surface area contributed by atoms with Gasteiger partial charge in [-0.2, -0.15) is 4.37 Å². The molecule has 0 saturated heterocycles. The summed E-state index contributed by atoms with van der Waals surface area (Å²) in [4.78, 5) is 11.3. The van der Waals surface area contributed by atoms with Gasteiger partial charge in [0, 0.05) is 12.1 Å². The first-order chi connectivity index (χ1) is 9.13. The topological polar surface area (TPSA) is 103 Å². The van der Waals surface area contributed by atoms with E-state index >= 15 is 0 Å². The van der Waals surface area contributed by atoms with E-state index in [1.54, 1.807) is 7.11 Å².